The fraction of sp³-hybridized carbons (Fsp3) is 0.607. The number of benzene rings is 1. The van der Waals surface area contributed by atoms with Crippen molar-refractivity contribution in [2.24, 2.45) is 22.2 Å². The summed E-state index contributed by atoms with van der Waals surface area (Å²) >= 11 is 0. The SMILES string of the molecule is CC12CC3CC(C)(C1)CC(CC(=O)Nc1ncnc4c1CCN(Cc1ccc(F)cc1F)C4)(C3)C2. The van der Waals surface area contributed by atoms with Gasteiger partial charge in [0.1, 0.15) is 23.8 Å². The minimum absolute atomic E-state index is 0.0656. The van der Waals surface area contributed by atoms with E-state index in [1.165, 1.54) is 44.1 Å². The summed E-state index contributed by atoms with van der Waals surface area (Å²) < 4.78 is 27.4. The number of carbonyl (C=O) groups excluding carboxylic acids is 1. The second-order valence-corrected chi connectivity index (χ2v) is 12.7. The number of carbonyl (C=O) groups is 1. The Morgan fingerprint density at radius 3 is 2.60 bits per heavy atom. The van der Waals surface area contributed by atoms with Gasteiger partial charge in [-0.2, -0.15) is 0 Å². The predicted molar refractivity (Wildman–Crippen MR) is 129 cm³/mol. The third kappa shape index (κ3) is 4.37. The summed E-state index contributed by atoms with van der Waals surface area (Å²) in [6.45, 7) is 6.50. The molecule has 5 nitrogen and oxygen atoms in total. The third-order valence-electron chi connectivity index (χ3n) is 9.03. The van der Waals surface area contributed by atoms with Crippen molar-refractivity contribution < 1.29 is 13.6 Å². The summed E-state index contributed by atoms with van der Waals surface area (Å²) in [5, 5.41) is 3.14. The molecule has 4 aliphatic carbocycles. The number of aromatic nitrogens is 2. The summed E-state index contributed by atoms with van der Waals surface area (Å²) in [5.74, 6) is 0.349. The van der Waals surface area contributed by atoms with Crippen LogP contribution in [0.15, 0.2) is 24.5 Å². The number of nitrogens with zero attached hydrogens (tertiary/aromatic N) is 3. The molecule has 1 N–H and O–H groups in total. The minimum Gasteiger partial charge on any atom is -0.310 e. The lowest BCUT2D eigenvalue weighted by atomic mass is 9.40. The van der Waals surface area contributed by atoms with Crippen LogP contribution in [0.25, 0.3) is 0 Å². The number of hydrogen-bond donors (Lipinski definition) is 1. The highest BCUT2D eigenvalue weighted by molar-refractivity contribution is 5.91. The van der Waals surface area contributed by atoms with Gasteiger partial charge in [-0.3, -0.25) is 9.69 Å². The van der Waals surface area contributed by atoms with Gasteiger partial charge >= 0.3 is 0 Å². The zero-order valence-corrected chi connectivity index (χ0v) is 20.7. The van der Waals surface area contributed by atoms with E-state index in [1.807, 2.05) is 0 Å². The van der Waals surface area contributed by atoms with Crippen molar-refractivity contribution >= 4 is 11.7 Å². The van der Waals surface area contributed by atoms with E-state index in [0.717, 1.165) is 36.1 Å². The highest BCUT2D eigenvalue weighted by atomic mass is 19.1. The van der Waals surface area contributed by atoms with E-state index in [2.05, 4.69) is 34.0 Å². The molecule has 2 heterocycles. The fourth-order valence-corrected chi connectivity index (χ4v) is 8.94. The third-order valence-corrected chi connectivity index (χ3v) is 9.03. The summed E-state index contributed by atoms with van der Waals surface area (Å²) in [7, 11) is 0. The smallest absolute Gasteiger partial charge is 0.226 e. The molecule has 0 radical (unpaired) electrons. The number of nitrogens with one attached hydrogen (secondary N) is 1. The Morgan fingerprint density at radius 2 is 1.89 bits per heavy atom. The van der Waals surface area contributed by atoms with Crippen LogP contribution in [0, 0.1) is 33.8 Å². The zero-order valence-electron chi connectivity index (χ0n) is 20.7. The minimum atomic E-state index is -0.569. The first-order chi connectivity index (χ1) is 16.6. The molecule has 0 saturated heterocycles. The second kappa shape index (κ2) is 8.05. The average Bonchev–Trinajstić information content (AvgIpc) is 2.73. The van der Waals surface area contributed by atoms with Gasteiger partial charge in [0.2, 0.25) is 5.91 Å². The number of anilines is 1. The van der Waals surface area contributed by atoms with Crippen LogP contribution in [0.1, 0.15) is 75.6 Å². The van der Waals surface area contributed by atoms with Crippen molar-refractivity contribution in [3.05, 3.63) is 53.0 Å². The summed E-state index contributed by atoms with van der Waals surface area (Å²) in [5.41, 5.74) is 3.19. The molecule has 1 aromatic carbocycles. The second-order valence-electron chi connectivity index (χ2n) is 12.7. The van der Waals surface area contributed by atoms with Crippen LogP contribution in [0.5, 0.6) is 0 Å². The molecule has 4 fully saturated rings. The fourth-order valence-electron chi connectivity index (χ4n) is 8.94. The molecule has 7 heteroatoms. The van der Waals surface area contributed by atoms with Crippen molar-refractivity contribution in [3.63, 3.8) is 0 Å². The molecule has 4 bridgehead atoms. The maximum atomic E-state index is 14.1. The number of rotatable bonds is 5. The largest absolute Gasteiger partial charge is 0.310 e. The highest BCUT2D eigenvalue weighted by Gasteiger charge is 2.60. The van der Waals surface area contributed by atoms with Gasteiger partial charge in [0, 0.05) is 43.2 Å². The van der Waals surface area contributed by atoms with Crippen LogP contribution in [-0.2, 0) is 24.3 Å². The highest BCUT2D eigenvalue weighted by Crippen LogP contribution is 2.70. The summed E-state index contributed by atoms with van der Waals surface area (Å²) in [4.78, 5) is 24.3. The Bertz CT molecular complexity index is 1170. The quantitative estimate of drug-likeness (QED) is 0.602. The van der Waals surface area contributed by atoms with Crippen molar-refractivity contribution in [2.75, 3.05) is 11.9 Å². The molecule has 35 heavy (non-hydrogen) atoms. The lowest BCUT2D eigenvalue weighted by Gasteiger charge is -2.65. The van der Waals surface area contributed by atoms with Gasteiger partial charge in [0.25, 0.3) is 0 Å². The maximum absolute atomic E-state index is 14.1. The van der Waals surface area contributed by atoms with Gasteiger partial charge in [0.05, 0.1) is 5.69 Å². The number of halogens is 2. The molecular formula is C28H34F2N4O. The van der Waals surface area contributed by atoms with Gasteiger partial charge in [-0.15, -0.1) is 0 Å². The predicted octanol–water partition coefficient (Wildman–Crippen LogP) is 5.64. The van der Waals surface area contributed by atoms with Gasteiger partial charge < -0.3 is 5.32 Å². The zero-order chi connectivity index (χ0) is 24.4. The van der Waals surface area contributed by atoms with Crippen LogP contribution in [0.3, 0.4) is 0 Å². The topological polar surface area (TPSA) is 58.1 Å². The molecule has 1 amide bonds. The van der Waals surface area contributed by atoms with E-state index in [1.54, 1.807) is 0 Å². The van der Waals surface area contributed by atoms with E-state index in [4.69, 9.17) is 0 Å². The van der Waals surface area contributed by atoms with Crippen LogP contribution >= 0.6 is 0 Å². The van der Waals surface area contributed by atoms with Crippen LogP contribution in [0.2, 0.25) is 0 Å². The molecule has 0 spiro atoms. The normalized spacial score (nSPS) is 33.5. The molecule has 5 aliphatic rings. The maximum Gasteiger partial charge on any atom is 0.226 e. The first kappa shape index (κ1) is 23.0. The van der Waals surface area contributed by atoms with Gasteiger partial charge in [-0.05, 0) is 73.2 Å². The Hall–Kier alpha value is -2.41. The molecule has 186 valence electrons. The summed E-state index contributed by atoms with van der Waals surface area (Å²) in [6, 6.07) is 3.71. The van der Waals surface area contributed by atoms with E-state index < -0.39 is 11.6 Å². The molecule has 2 atom stereocenters. The number of fused-ring (bicyclic) bond motifs is 1. The van der Waals surface area contributed by atoms with Gasteiger partial charge in [0.15, 0.2) is 0 Å². The molecule has 1 aromatic heterocycles. The number of amides is 1. The molecule has 2 unspecified atom stereocenters. The van der Waals surface area contributed by atoms with Crippen LogP contribution < -0.4 is 5.32 Å². The van der Waals surface area contributed by atoms with Crippen molar-refractivity contribution in [3.8, 4) is 0 Å². The Balaban J connectivity index is 1.14. The Labute approximate surface area is 205 Å². The first-order valence-corrected chi connectivity index (χ1v) is 12.9. The Morgan fingerprint density at radius 1 is 1.11 bits per heavy atom. The van der Waals surface area contributed by atoms with E-state index in [9.17, 15) is 13.6 Å². The van der Waals surface area contributed by atoms with Crippen LogP contribution in [0.4, 0.5) is 14.6 Å². The van der Waals surface area contributed by atoms with Crippen molar-refractivity contribution in [1.29, 1.82) is 0 Å². The van der Waals surface area contributed by atoms with Gasteiger partial charge in [-0.25, -0.2) is 18.7 Å². The molecule has 7 rings (SSSR count). The van der Waals surface area contributed by atoms with E-state index in [0.29, 0.717) is 54.7 Å². The van der Waals surface area contributed by atoms with E-state index >= 15 is 0 Å². The Kier molecular flexibility index (Phi) is 5.30. The number of hydrogen-bond acceptors (Lipinski definition) is 4. The lowest BCUT2D eigenvalue weighted by Crippen LogP contribution is -2.55. The molecule has 1 aliphatic heterocycles. The van der Waals surface area contributed by atoms with Crippen LogP contribution in [-0.4, -0.2) is 27.3 Å². The van der Waals surface area contributed by atoms with E-state index in [-0.39, 0.29) is 11.3 Å². The molecular weight excluding hydrogens is 446 g/mol. The van der Waals surface area contributed by atoms with Crippen molar-refractivity contribution in [1.82, 2.24) is 14.9 Å². The summed E-state index contributed by atoms with van der Waals surface area (Å²) in [6.07, 6.45) is 10.2. The molecule has 4 saturated carbocycles. The van der Waals surface area contributed by atoms with Gasteiger partial charge in [-0.1, -0.05) is 19.9 Å². The first-order valence-electron chi connectivity index (χ1n) is 12.9. The van der Waals surface area contributed by atoms with Crippen molar-refractivity contribution in [2.45, 2.75) is 78.3 Å². The lowest BCUT2D eigenvalue weighted by molar-refractivity contribution is -0.153. The average molecular weight is 481 g/mol. The molecule has 2 aromatic rings. The monoisotopic (exact) mass is 480 g/mol. The standard InChI is InChI=1S/C28H34F2N4O/c1-26-8-18-9-27(2,14-26)16-28(10-18,15-26)11-24(35)33-25-21-5-6-34(13-23(21)31-17-32-25)12-19-3-4-20(29)7-22(19)30/h3-4,7,17-18H,5-6,8-16H2,1-2H3,(H,31,32,33,35).